The molecule has 1 aliphatic carbocycles. The Morgan fingerprint density at radius 1 is 1.41 bits per heavy atom. The lowest BCUT2D eigenvalue weighted by molar-refractivity contribution is -0.114. The van der Waals surface area contributed by atoms with Gasteiger partial charge >= 0.3 is 0 Å². The first-order valence-electron chi connectivity index (χ1n) is 6.86. The molecule has 0 fully saturated rings. The molecule has 1 aliphatic rings. The standard InChI is InChI=1S/C15H14FN3O2S/c1-8(20)17-15-19-13(7-22-15)14(21)18-12-6-5-9-10(12)3-2-4-11(9)16/h2-4,7,12H,5-6H2,1H3,(H,18,21)(H,17,19,20). The molecule has 0 bridgehead atoms. The summed E-state index contributed by atoms with van der Waals surface area (Å²) in [5, 5.41) is 7.38. The van der Waals surface area contributed by atoms with Gasteiger partial charge in [-0.3, -0.25) is 9.59 Å². The number of aromatic nitrogens is 1. The van der Waals surface area contributed by atoms with Crippen molar-refractivity contribution in [3.63, 3.8) is 0 Å². The molecule has 2 aromatic rings. The van der Waals surface area contributed by atoms with Gasteiger partial charge in [-0.15, -0.1) is 11.3 Å². The molecule has 7 heteroatoms. The predicted octanol–water partition coefficient (Wildman–Crippen LogP) is 2.66. The summed E-state index contributed by atoms with van der Waals surface area (Å²) in [6, 6.07) is 4.71. The van der Waals surface area contributed by atoms with Gasteiger partial charge in [-0.05, 0) is 30.0 Å². The summed E-state index contributed by atoms with van der Waals surface area (Å²) in [5.41, 5.74) is 1.74. The second-order valence-corrected chi connectivity index (χ2v) is 5.95. The monoisotopic (exact) mass is 319 g/mol. The van der Waals surface area contributed by atoms with Crippen molar-refractivity contribution in [2.45, 2.75) is 25.8 Å². The first kappa shape index (κ1) is 14.6. The van der Waals surface area contributed by atoms with Crippen molar-refractivity contribution in [3.05, 3.63) is 46.2 Å². The fourth-order valence-corrected chi connectivity index (χ4v) is 3.31. The third kappa shape index (κ3) is 2.85. The number of nitrogens with one attached hydrogen (secondary N) is 2. The molecule has 114 valence electrons. The van der Waals surface area contributed by atoms with Crippen LogP contribution in [0.2, 0.25) is 0 Å². The number of amides is 2. The number of benzene rings is 1. The minimum absolute atomic E-state index is 0.205. The van der Waals surface area contributed by atoms with E-state index in [-0.39, 0.29) is 29.4 Å². The maximum Gasteiger partial charge on any atom is 0.271 e. The van der Waals surface area contributed by atoms with E-state index in [0.717, 1.165) is 5.56 Å². The van der Waals surface area contributed by atoms with Crippen LogP contribution in [0, 0.1) is 5.82 Å². The van der Waals surface area contributed by atoms with Gasteiger partial charge in [0.25, 0.3) is 5.91 Å². The lowest BCUT2D eigenvalue weighted by Crippen LogP contribution is -2.27. The number of hydrogen-bond acceptors (Lipinski definition) is 4. The van der Waals surface area contributed by atoms with E-state index in [1.807, 2.05) is 6.07 Å². The average Bonchev–Trinajstić information content (AvgIpc) is 3.07. The van der Waals surface area contributed by atoms with Crippen LogP contribution in [0.4, 0.5) is 9.52 Å². The highest BCUT2D eigenvalue weighted by Gasteiger charge is 2.27. The summed E-state index contributed by atoms with van der Waals surface area (Å²) in [6.45, 7) is 1.38. The number of anilines is 1. The molecule has 0 radical (unpaired) electrons. The summed E-state index contributed by atoms with van der Waals surface area (Å²) in [5.74, 6) is -0.785. The molecule has 1 unspecified atom stereocenters. The number of thiazole rings is 1. The highest BCUT2D eigenvalue weighted by Crippen LogP contribution is 2.32. The molecule has 0 spiro atoms. The van der Waals surface area contributed by atoms with Crippen molar-refractivity contribution >= 4 is 28.3 Å². The topological polar surface area (TPSA) is 71.1 Å². The van der Waals surface area contributed by atoms with E-state index in [2.05, 4.69) is 15.6 Å². The molecule has 22 heavy (non-hydrogen) atoms. The van der Waals surface area contributed by atoms with Crippen LogP contribution in [0.1, 0.15) is 41.0 Å². The lowest BCUT2D eigenvalue weighted by atomic mass is 10.1. The van der Waals surface area contributed by atoms with E-state index in [9.17, 15) is 14.0 Å². The summed E-state index contributed by atoms with van der Waals surface area (Å²) >= 11 is 1.19. The Morgan fingerprint density at radius 2 is 2.23 bits per heavy atom. The molecule has 0 aliphatic heterocycles. The molecule has 0 saturated heterocycles. The molecular formula is C15H14FN3O2S. The quantitative estimate of drug-likeness (QED) is 0.913. The normalized spacial score (nSPS) is 16.2. The Morgan fingerprint density at radius 3 is 3.00 bits per heavy atom. The van der Waals surface area contributed by atoms with Gasteiger partial charge in [-0.1, -0.05) is 12.1 Å². The maximum absolute atomic E-state index is 13.7. The summed E-state index contributed by atoms with van der Waals surface area (Å²) < 4.78 is 13.7. The molecule has 3 rings (SSSR count). The van der Waals surface area contributed by atoms with E-state index in [1.54, 1.807) is 11.4 Å². The van der Waals surface area contributed by atoms with Crippen LogP contribution in [0.25, 0.3) is 0 Å². The van der Waals surface area contributed by atoms with Crippen molar-refractivity contribution in [2.24, 2.45) is 0 Å². The number of halogens is 1. The van der Waals surface area contributed by atoms with Gasteiger partial charge in [0.2, 0.25) is 5.91 Å². The average molecular weight is 319 g/mol. The summed E-state index contributed by atoms with van der Waals surface area (Å²) in [7, 11) is 0. The smallest absolute Gasteiger partial charge is 0.271 e. The number of carbonyl (C=O) groups is 2. The Bertz CT molecular complexity index is 744. The molecule has 1 aromatic carbocycles. The Balaban J connectivity index is 1.72. The fraction of sp³-hybridized carbons (Fsp3) is 0.267. The Kier molecular flexibility index (Phi) is 3.89. The SMILES string of the molecule is CC(=O)Nc1nc(C(=O)NC2CCc3c(F)cccc32)cs1. The van der Waals surface area contributed by atoms with E-state index >= 15 is 0 Å². The molecule has 2 N–H and O–H groups in total. The third-order valence-corrected chi connectivity index (χ3v) is 4.30. The molecule has 1 aromatic heterocycles. The van der Waals surface area contributed by atoms with E-state index < -0.39 is 0 Å². The van der Waals surface area contributed by atoms with Gasteiger partial charge < -0.3 is 10.6 Å². The first-order valence-corrected chi connectivity index (χ1v) is 7.74. The molecule has 0 saturated carbocycles. The molecule has 2 amide bonds. The van der Waals surface area contributed by atoms with Crippen LogP contribution < -0.4 is 10.6 Å². The van der Waals surface area contributed by atoms with Gasteiger partial charge in [0.05, 0.1) is 6.04 Å². The van der Waals surface area contributed by atoms with Gasteiger partial charge in [-0.25, -0.2) is 9.37 Å². The second-order valence-electron chi connectivity index (χ2n) is 5.09. The molecule has 1 heterocycles. The number of fused-ring (bicyclic) bond motifs is 1. The highest BCUT2D eigenvalue weighted by atomic mass is 32.1. The zero-order chi connectivity index (χ0) is 15.7. The van der Waals surface area contributed by atoms with Crippen molar-refractivity contribution in [3.8, 4) is 0 Å². The van der Waals surface area contributed by atoms with Gasteiger partial charge in [0.15, 0.2) is 5.13 Å². The zero-order valence-electron chi connectivity index (χ0n) is 11.9. The zero-order valence-corrected chi connectivity index (χ0v) is 12.7. The van der Waals surface area contributed by atoms with Crippen LogP contribution in [-0.4, -0.2) is 16.8 Å². The van der Waals surface area contributed by atoms with Gasteiger partial charge in [-0.2, -0.15) is 0 Å². The number of nitrogens with zero attached hydrogens (tertiary/aromatic N) is 1. The summed E-state index contributed by atoms with van der Waals surface area (Å²) in [4.78, 5) is 27.2. The van der Waals surface area contributed by atoms with Crippen LogP contribution >= 0.6 is 11.3 Å². The van der Waals surface area contributed by atoms with Crippen molar-refractivity contribution in [1.82, 2.24) is 10.3 Å². The van der Waals surface area contributed by atoms with Crippen molar-refractivity contribution < 1.29 is 14.0 Å². The van der Waals surface area contributed by atoms with Crippen LogP contribution in [0.15, 0.2) is 23.6 Å². The van der Waals surface area contributed by atoms with Gasteiger partial charge in [0.1, 0.15) is 11.5 Å². The van der Waals surface area contributed by atoms with E-state index in [1.165, 1.54) is 24.3 Å². The minimum Gasteiger partial charge on any atom is -0.344 e. The predicted molar refractivity (Wildman–Crippen MR) is 81.3 cm³/mol. The maximum atomic E-state index is 13.7. The number of hydrogen-bond donors (Lipinski definition) is 2. The summed E-state index contributed by atoms with van der Waals surface area (Å²) in [6.07, 6.45) is 1.28. The number of carbonyl (C=O) groups excluding carboxylic acids is 2. The molecule has 1 atom stereocenters. The Labute approximate surface area is 130 Å². The van der Waals surface area contributed by atoms with Crippen LogP contribution in [0.5, 0.6) is 0 Å². The third-order valence-electron chi connectivity index (χ3n) is 3.54. The minimum atomic E-state index is -0.324. The second kappa shape index (κ2) is 5.84. The fourth-order valence-electron chi connectivity index (χ4n) is 2.58. The Hall–Kier alpha value is -2.28. The van der Waals surface area contributed by atoms with Crippen LogP contribution in [-0.2, 0) is 11.2 Å². The number of rotatable bonds is 3. The molecular weight excluding hydrogens is 305 g/mol. The van der Waals surface area contributed by atoms with Crippen LogP contribution in [0.3, 0.4) is 0 Å². The largest absolute Gasteiger partial charge is 0.344 e. The van der Waals surface area contributed by atoms with Crippen molar-refractivity contribution in [2.75, 3.05) is 5.32 Å². The lowest BCUT2D eigenvalue weighted by Gasteiger charge is -2.13. The first-order chi connectivity index (χ1) is 10.5. The van der Waals surface area contributed by atoms with Gasteiger partial charge in [0, 0.05) is 12.3 Å². The van der Waals surface area contributed by atoms with Crippen molar-refractivity contribution in [1.29, 1.82) is 0 Å². The van der Waals surface area contributed by atoms with E-state index in [0.29, 0.717) is 23.5 Å². The molecule has 5 nitrogen and oxygen atoms in total. The van der Waals surface area contributed by atoms with E-state index in [4.69, 9.17) is 0 Å². The highest BCUT2D eigenvalue weighted by molar-refractivity contribution is 7.14.